The molecule has 0 bridgehead atoms. The number of nitro benzene ring substituents is 1. The van der Waals surface area contributed by atoms with Crippen molar-refractivity contribution in [2.45, 2.75) is 6.61 Å². The molecule has 0 saturated carbocycles. The van der Waals surface area contributed by atoms with Gasteiger partial charge >= 0.3 is 5.97 Å². The number of nitro groups is 1. The number of rotatable bonds is 8. The number of benzene rings is 2. The number of halogens is 1. The molecule has 7 nitrogen and oxygen atoms in total. The van der Waals surface area contributed by atoms with Crippen molar-refractivity contribution in [3.05, 3.63) is 69.5 Å². The first-order valence-electron chi connectivity index (χ1n) is 7.44. The van der Waals surface area contributed by atoms with Crippen LogP contribution in [0.4, 0.5) is 15.8 Å². The number of nitrogens with zero attached hydrogens (tertiary/aromatic N) is 1. The Kier molecular flexibility index (Phi) is 6.41. The van der Waals surface area contributed by atoms with Crippen LogP contribution in [0.1, 0.15) is 15.9 Å². The zero-order valence-electron chi connectivity index (χ0n) is 13.5. The Labute approximate surface area is 143 Å². The Morgan fingerprint density at radius 1 is 1.28 bits per heavy atom. The van der Waals surface area contributed by atoms with Crippen LogP contribution < -0.4 is 5.32 Å². The van der Waals surface area contributed by atoms with Crippen molar-refractivity contribution in [1.82, 2.24) is 0 Å². The lowest BCUT2D eigenvalue weighted by atomic mass is 10.1. The van der Waals surface area contributed by atoms with Gasteiger partial charge in [0.2, 0.25) is 0 Å². The molecule has 0 spiro atoms. The van der Waals surface area contributed by atoms with E-state index < -0.39 is 16.7 Å². The minimum absolute atomic E-state index is 0.0420. The second-order valence-corrected chi connectivity index (χ2v) is 5.11. The highest BCUT2D eigenvalue weighted by Gasteiger charge is 2.18. The van der Waals surface area contributed by atoms with Crippen molar-refractivity contribution < 1.29 is 23.6 Å². The van der Waals surface area contributed by atoms with E-state index in [2.05, 4.69) is 5.32 Å². The van der Waals surface area contributed by atoms with E-state index >= 15 is 0 Å². The van der Waals surface area contributed by atoms with Crippen LogP contribution in [0.5, 0.6) is 0 Å². The number of esters is 1. The topological polar surface area (TPSA) is 90.7 Å². The largest absolute Gasteiger partial charge is 0.457 e. The van der Waals surface area contributed by atoms with Crippen molar-refractivity contribution in [3.8, 4) is 0 Å². The lowest BCUT2D eigenvalue weighted by Crippen LogP contribution is -2.11. The minimum Gasteiger partial charge on any atom is -0.457 e. The zero-order chi connectivity index (χ0) is 18.2. The normalized spacial score (nSPS) is 10.3. The number of ether oxygens (including phenoxy) is 2. The van der Waals surface area contributed by atoms with Gasteiger partial charge in [-0.25, -0.2) is 9.18 Å². The number of methoxy groups -OCH3 is 1. The monoisotopic (exact) mass is 348 g/mol. The van der Waals surface area contributed by atoms with Gasteiger partial charge in [0, 0.05) is 19.7 Å². The van der Waals surface area contributed by atoms with Crippen LogP contribution in [0.15, 0.2) is 42.5 Å². The first kappa shape index (κ1) is 18.3. The van der Waals surface area contributed by atoms with Crippen LogP contribution in [-0.2, 0) is 16.1 Å². The van der Waals surface area contributed by atoms with Gasteiger partial charge in [-0.1, -0.05) is 12.1 Å². The fraction of sp³-hybridized carbons (Fsp3) is 0.235. The maximum absolute atomic E-state index is 13.1. The first-order chi connectivity index (χ1) is 12.0. The molecule has 132 valence electrons. The van der Waals surface area contributed by atoms with E-state index in [1.54, 1.807) is 6.07 Å². The van der Waals surface area contributed by atoms with E-state index in [0.29, 0.717) is 18.7 Å². The second kappa shape index (κ2) is 8.74. The maximum Gasteiger partial charge on any atom is 0.338 e. The lowest BCUT2D eigenvalue weighted by Gasteiger charge is -2.09. The van der Waals surface area contributed by atoms with Gasteiger partial charge in [0.15, 0.2) is 0 Å². The molecule has 2 rings (SSSR count). The van der Waals surface area contributed by atoms with Crippen molar-refractivity contribution in [2.75, 3.05) is 25.6 Å². The molecule has 25 heavy (non-hydrogen) atoms. The summed E-state index contributed by atoms with van der Waals surface area (Å²) in [6, 6.07) is 9.65. The van der Waals surface area contributed by atoms with Crippen molar-refractivity contribution in [2.24, 2.45) is 0 Å². The van der Waals surface area contributed by atoms with E-state index in [1.807, 2.05) is 0 Å². The highest BCUT2D eigenvalue weighted by molar-refractivity contribution is 5.91. The van der Waals surface area contributed by atoms with Crippen LogP contribution in [0.2, 0.25) is 0 Å². The third kappa shape index (κ3) is 5.25. The van der Waals surface area contributed by atoms with Crippen LogP contribution >= 0.6 is 0 Å². The van der Waals surface area contributed by atoms with Gasteiger partial charge in [0.25, 0.3) is 5.69 Å². The minimum atomic E-state index is -0.726. The molecule has 0 radical (unpaired) electrons. The summed E-state index contributed by atoms with van der Waals surface area (Å²) < 4.78 is 23.0. The highest BCUT2D eigenvalue weighted by atomic mass is 19.1. The number of nitrogens with one attached hydrogen (secondary N) is 1. The zero-order valence-corrected chi connectivity index (χ0v) is 13.5. The summed E-state index contributed by atoms with van der Waals surface area (Å²) in [7, 11) is 1.52. The van der Waals surface area contributed by atoms with Gasteiger partial charge in [-0.15, -0.1) is 0 Å². The first-order valence-corrected chi connectivity index (χ1v) is 7.44. The van der Waals surface area contributed by atoms with E-state index in [4.69, 9.17) is 9.47 Å². The van der Waals surface area contributed by atoms with Crippen molar-refractivity contribution in [1.29, 1.82) is 0 Å². The van der Waals surface area contributed by atoms with E-state index in [-0.39, 0.29) is 23.5 Å². The smallest absolute Gasteiger partial charge is 0.338 e. The molecular weight excluding hydrogens is 331 g/mol. The predicted molar refractivity (Wildman–Crippen MR) is 89.0 cm³/mol. The molecule has 0 aliphatic rings. The summed E-state index contributed by atoms with van der Waals surface area (Å²) in [6.45, 7) is 0.646. The molecular formula is C17H17FN2O5. The molecule has 1 N–H and O–H groups in total. The number of hydrogen-bond donors (Lipinski definition) is 1. The maximum atomic E-state index is 13.1. The molecule has 0 aliphatic heterocycles. The van der Waals surface area contributed by atoms with Gasteiger partial charge in [-0.05, 0) is 29.8 Å². The fourth-order valence-corrected chi connectivity index (χ4v) is 2.11. The molecule has 0 aromatic heterocycles. The van der Waals surface area contributed by atoms with E-state index in [0.717, 1.165) is 6.07 Å². The van der Waals surface area contributed by atoms with Crippen LogP contribution in [0.3, 0.4) is 0 Å². The lowest BCUT2D eigenvalue weighted by molar-refractivity contribution is -0.384. The quantitative estimate of drug-likeness (QED) is 0.341. The van der Waals surface area contributed by atoms with Crippen molar-refractivity contribution in [3.63, 3.8) is 0 Å². The van der Waals surface area contributed by atoms with Crippen LogP contribution in [0, 0.1) is 15.9 Å². The Bertz CT molecular complexity index is 766. The number of carbonyl (C=O) groups excluding carboxylic acids is 1. The van der Waals surface area contributed by atoms with Gasteiger partial charge < -0.3 is 14.8 Å². The third-order valence-electron chi connectivity index (χ3n) is 3.31. The highest BCUT2D eigenvalue weighted by Crippen LogP contribution is 2.26. The molecule has 0 unspecified atom stereocenters. The standard InChI is InChI=1S/C17H17FN2O5/c1-24-8-7-19-15-6-5-13(10-16(15)20(22)23)17(21)25-11-12-3-2-4-14(18)9-12/h2-6,9-10,19H,7-8,11H2,1H3. The Hall–Kier alpha value is -3.00. The molecule has 0 fully saturated rings. The summed E-state index contributed by atoms with van der Waals surface area (Å²) >= 11 is 0. The molecule has 0 heterocycles. The average molecular weight is 348 g/mol. The molecule has 2 aromatic carbocycles. The van der Waals surface area contributed by atoms with Crippen LogP contribution in [-0.4, -0.2) is 31.2 Å². The Morgan fingerprint density at radius 3 is 2.76 bits per heavy atom. The van der Waals surface area contributed by atoms with E-state index in [1.165, 1.54) is 37.4 Å². The fourth-order valence-electron chi connectivity index (χ4n) is 2.11. The van der Waals surface area contributed by atoms with E-state index in [9.17, 15) is 19.3 Å². The van der Waals surface area contributed by atoms with Gasteiger partial charge in [0.05, 0.1) is 17.1 Å². The third-order valence-corrected chi connectivity index (χ3v) is 3.31. The molecule has 0 saturated heterocycles. The second-order valence-electron chi connectivity index (χ2n) is 5.11. The number of anilines is 1. The predicted octanol–water partition coefficient (Wildman–Crippen LogP) is 3.15. The van der Waals surface area contributed by atoms with Gasteiger partial charge in [-0.2, -0.15) is 0 Å². The van der Waals surface area contributed by atoms with Gasteiger partial charge in [-0.3, -0.25) is 10.1 Å². The summed E-state index contributed by atoms with van der Waals surface area (Å²) in [6.07, 6.45) is 0. The summed E-state index contributed by atoms with van der Waals surface area (Å²) in [5.74, 6) is -1.16. The molecule has 8 heteroatoms. The molecule has 0 aliphatic carbocycles. The summed E-state index contributed by atoms with van der Waals surface area (Å²) in [4.78, 5) is 22.7. The van der Waals surface area contributed by atoms with Crippen molar-refractivity contribution >= 4 is 17.3 Å². The van der Waals surface area contributed by atoms with Gasteiger partial charge in [0.1, 0.15) is 18.1 Å². The summed E-state index contributed by atoms with van der Waals surface area (Å²) in [5, 5.41) is 14.1. The Morgan fingerprint density at radius 2 is 2.08 bits per heavy atom. The van der Waals surface area contributed by atoms with Crippen LogP contribution in [0.25, 0.3) is 0 Å². The molecule has 0 atom stereocenters. The molecule has 0 amide bonds. The average Bonchev–Trinajstić information content (AvgIpc) is 2.60. The number of hydrogen-bond acceptors (Lipinski definition) is 6. The summed E-state index contributed by atoms with van der Waals surface area (Å²) in [5.41, 5.74) is 0.570. The SMILES string of the molecule is COCCNc1ccc(C(=O)OCc2cccc(F)c2)cc1[N+](=O)[O-]. The molecule has 2 aromatic rings. The number of carbonyl (C=O) groups is 1. The Balaban J connectivity index is 2.08.